The van der Waals surface area contributed by atoms with E-state index >= 15 is 0 Å². The van der Waals surface area contributed by atoms with Gasteiger partial charge in [0.25, 0.3) is 0 Å². The molecule has 0 fully saturated rings. The Morgan fingerprint density at radius 3 is 2.50 bits per heavy atom. The fourth-order valence-corrected chi connectivity index (χ4v) is 2.75. The van der Waals surface area contributed by atoms with Gasteiger partial charge in [-0.2, -0.15) is 5.26 Å². The standard InChI is InChI=1S/C21H25N3O4/c1-6-15(7-2)24-17-10-13(3)23-20(16(17)12-22)28-18-9-8-14(21(25)27-5)11-19(18)26-4/h8-11,15H,6-7H2,1-5H3,(H,23,24). The Balaban J connectivity index is 2.45. The SMILES string of the molecule is CCC(CC)Nc1cc(C)nc(Oc2ccc(C(=O)OC)cc2OC)c1C#N. The summed E-state index contributed by atoms with van der Waals surface area (Å²) < 4.78 is 16.0. The van der Waals surface area contributed by atoms with E-state index in [1.165, 1.54) is 20.3 Å². The number of carbonyl (C=O) groups is 1. The van der Waals surface area contributed by atoms with Gasteiger partial charge in [-0.25, -0.2) is 9.78 Å². The number of hydrogen-bond donors (Lipinski definition) is 1. The smallest absolute Gasteiger partial charge is 0.337 e. The number of nitriles is 1. The van der Waals surface area contributed by atoms with E-state index in [1.807, 2.05) is 13.0 Å². The zero-order valence-electron chi connectivity index (χ0n) is 16.8. The molecule has 0 spiro atoms. The molecule has 7 nitrogen and oxygen atoms in total. The summed E-state index contributed by atoms with van der Waals surface area (Å²) in [6.07, 6.45) is 1.86. The number of nitrogens with one attached hydrogen (secondary N) is 1. The first-order valence-corrected chi connectivity index (χ1v) is 9.09. The second-order valence-electron chi connectivity index (χ2n) is 6.22. The van der Waals surface area contributed by atoms with E-state index < -0.39 is 5.97 Å². The fourth-order valence-electron chi connectivity index (χ4n) is 2.75. The Morgan fingerprint density at radius 1 is 1.21 bits per heavy atom. The predicted octanol–water partition coefficient (Wildman–Crippen LogP) is 4.45. The third-order valence-corrected chi connectivity index (χ3v) is 4.36. The summed E-state index contributed by atoms with van der Waals surface area (Å²) in [4.78, 5) is 16.1. The van der Waals surface area contributed by atoms with E-state index in [9.17, 15) is 10.1 Å². The molecule has 0 saturated heterocycles. The zero-order valence-corrected chi connectivity index (χ0v) is 16.8. The number of aryl methyl sites for hydroxylation is 1. The first-order valence-electron chi connectivity index (χ1n) is 9.09. The lowest BCUT2D eigenvalue weighted by atomic mass is 10.1. The number of carbonyl (C=O) groups excluding carboxylic acids is 1. The van der Waals surface area contributed by atoms with Crippen LogP contribution in [0.2, 0.25) is 0 Å². The lowest BCUT2D eigenvalue weighted by Crippen LogP contribution is -2.18. The number of anilines is 1. The second-order valence-corrected chi connectivity index (χ2v) is 6.22. The molecule has 2 aromatic rings. The summed E-state index contributed by atoms with van der Waals surface area (Å²) in [6.45, 7) is 6.02. The van der Waals surface area contributed by atoms with Crippen LogP contribution in [0, 0.1) is 18.3 Å². The van der Waals surface area contributed by atoms with Crippen molar-refractivity contribution in [3.63, 3.8) is 0 Å². The van der Waals surface area contributed by atoms with Crippen molar-refractivity contribution in [1.29, 1.82) is 5.26 Å². The topological polar surface area (TPSA) is 93.5 Å². The normalized spacial score (nSPS) is 10.3. The van der Waals surface area contributed by atoms with E-state index in [-0.39, 0.29) is 11.9 Å². The average Bonchev–Trinajstić information content (AvgIpc) is 2.71. The van der Waals surface area contributed by atoms with Crippen LogP contribution in [-0.4, -0.2) is 31.2 Å². The summed E-state index contributed by atoms with van der Waals surface area (Å²) in [5, 5.41) is 13.1. The quantitative estimate of drug-likeness (QED) is 0.673. The van der Waals surface area contributed by atoms with Crippen molar-refractivity contribution in [2.24, 2.45) is 0 Å². The van der Waals surface area contributed by atoms with Gasteiger partial charge in [0.1, 0.15) is 11.6 Å². The van der Waals surface area contributed by atoms with Gasteiger partial charge in [-0.15, -0.1) is 0 Å². The van der Waals surface area contributed by atoms with E-state index in [0.717, 1.165) is 12.8 Å². The number of rotatable bonds is 8. The van der Waals surface area contributed by atoms with Crippen molar-refractivity contribution in [3.8, 4) is 23.4 Å². The van der Waals surface area contributed by atoms with Gasteiger partial charge in [0, 0.05) is 11.7 Å². The van der Waals surface area contributed by atoms with Crippen molar-refractivity contribution in [3.05, 3.63) is 41.1 Å². The first-order chi connectivity index (χ1) is 13.5. The second kappa shape index (κ2) is 9.60. The number of benzene rings is 1. The van der Waals surface area contributed by atoms with Gasteiger partial charge in [-0.05, 0) is 44.0 Å². The Labute approximate surface area is 165 Å². The van der Waals surface area contributed by atoms with Crippen molar-refractivity contribution < 1.29 is 19.0 Å². The van der Waals surface area contributed by atoms with Gasteiger partial charge in [0.15, 0.2) is 11.5 Å². The van der Waals surface area contributed by atoms with Gasteiger partial charge in [-0.1, -0.05) is 13.8 Å². The fraction of sp³-hybridized carbons (Fsp3) is 0.381. The molecule has 0 amide bonds. The first kappa shape index (κ1) is 21.0. The zero-order chi connectivity index (χ0) is 20.7. The number of hydrogen-bond acceptors (Lipinski definition) is 7. The molecular formula is C21H25N3O4. The van der Waals surface area contributed by atoms with Crippen LogP contribution in [0.15, 0.2) is 24.3 Å². The van der Waals surface area contributed by atoms with E-state index in [1.54, 1.807) is 12.1 Å². The molecule has 2 rings (SSSR count). The van der Waals surface area contributed by atoms with Crippen LogP contribution in [0.5, 0.6) is 17.4 Å². The molecule has 0 aliphatic rings. The van der Waals surface area contributed by atoms with Crippen LogP contribution in [0.3, 0.4) is 0 Å². The molecule has 1 aromatic carbocycles. The van der Waals surface area contributed by atoms with Crippen LogP contribution >= 0.6 is 0 Å². The van der Waals surface area contributed by atoms with E-state index in [0.29, 0.717) is 34.0 Å². The molecule has 148 valence electrons. The molecule has 0 unspecified atom stereocenters. The van der Waals surface area contributed by atoms with Gasteiger partial charge in [0.05, 0.1) is 25.5 Å². The van der Waals surface area contributed by atoms with Gasteiger partial charge in [0.2, 0.25) is 5.88 Å². The Bertz CT molecular complexity index is 886. The molecular weight excluding hydrogens is 358 g/mol. The molecule has 0 atom stereocenters. The maximum atomic E-state index is 11.7. The van der Waals surface area contributed by atoms with E-state index in [2.05, 4.69) is 30.2 Å². The maximum Gasteiger partial charge on any atom is 0.337 e. The van der Waals surface area contributed by atoms with Crippen LogP contribution in [0.4, 0.5) is 5.69 Å². The van der Waals surface area contributed by atoms with Crippen LogP contribution in [0.25, 0.3) is 0 Å². The highest BCUT2D eigenvalue weighted by Crippen LogP contribution is 2.35. The minimum absolute atomic E-state index is 0.181. The minimum atomic E-state index is -0.479. The summed E-state index contributed by atoms with van der Waals surface area (Å²) in [5.74, 6) is 0.385. The molecule has 1 heterocycles. The number of pyridine rings is 1. The Morgan fingerprint density at radius 2 is 1.93 bits per heavy atom. The molecule has 0 radical (unpaired) electrons. The molecule has 0 aliphatic heterocycles. The molecule has 0 aliphatic carbocycles. The van der Waals surface area contributed by atoms with Gasteiger partial charge < -0.3 is 19.5 Å². The third kappa shape index (κ3) is 4.71. The van der Waals surface area contributed by atoms with Gasteiger partial charge >= 0.3 is 5.97 Å². The number of esters is 1. The van der Waals surface area contributed by atoms with Crippen molar-refractivity contribution >= 4 is 11.7 Å². The molecule has 1 aromatic heterocycles. The van der Waals surface area contributed by atoms with Crippen LogP contribution in [-0.2, 0) is 4.74 Å². The molecule has 7 heteroatoms. The summed E-state index contributed by atoms with van der Waals surface area (Å²) in [6, 6.07) is 8.93. The number of aromatic nitrogens is 1. The van der Waals surface area contributed by atoms with Gasteiger partial charge in [-0.3, -0.25) is 0 Å². The summed E-state index contributed by atoms with van der Waals surface area (Å²) >= 11 is 0. The average molecular weight is 383 g/mol. The van der Waals surface area contributed by atoms with Crippen molar-refractivity contribution in [2.75, 3.05) is 19.5 Å². The lowest BCUT2D eigenvalue weighted by Gasteiger charge is -2.19. The minimum Gasteiger partial charge on any atom is -0.493 e. The highest BCUT2D eigenvalue weighted by molar-refractivity contribution is 5.90. The number of methoxy groups -OCH3 is 2. The highest BCUT2D eigenvalue weighted by atomic mass is 16.5. The third-order valence-electron chi connectivity index (χ3n) is 4.36. The summed E-state index contributed by atoms with van der Waals surface area (Å²) in [7, 11) is 2.78. The molecule has 1 N–H and O–H groups in total. The highest BCUT2D eigenvalue weighted by Gasteiger charge is 2.18. The van der Waals surface area contributed by atoms with Crippen molar-refractivity contribution in [2.45, 2.75) is 39.7 Å². The lowest BCUT2D eigenvalue weighted by molar-refractivity contribution is 0.0600. The maximum absolute atomic E-state index is 11.7. The summed E-state index contributed by atoms with van der Waals surface area (Å²) in [5.41, 5.74) is 2.05. The number of ether oxygens (including phenoxy) is 3. The monoisotopic (exact) mass is 383 g/mol. The Kier molecular flexibility index (Phi) is 7.21. The molecule has 0 saturated carbocycles. The number of nitrogens with zero attached hydrogens (tertiary/aromatic N) is 2. The van der Waals surface area contributed by atoms with Crippen LogP contribution in [0.1, 0.15) is 48.3 Å². The predicted molar refractivity (Wildman–Crippen MR) is 106 cm³/mol. The van der Waals surface area contributed by atoms with E-state index in [4.69, 9.17) is 14.2 Å². The largest absolute Gasteiger partial charge is 0.493 e. The molecule has 28 heavy (non-hydrogen) atoms. The Hall–Kier alpha value is -3.27. The van der Waals surface area contributed by atoms with Crippen molar-refractivity contribution in [1.82, 2.24) is 4.98 Å². The van der Waals surface area contributed by atoms with Crippen LogP contribution < -0.4 is 14.8 Å². The molecule has 0 bridgehead atoms.